The van der Waals surface area contributed by atoms with Crippen LogP contribution < -0.4 is 9.80 Å². The first kappa shape index (κ1) is 32.3. The Labute approximate surface area is 324 Å². The summed E-state index contributed by atoms with van der Waals surface area (Å²) >= 11 is 0. The molecule has 0 atom stereocenters. The molecule has 0 saturated heterocycles. The first-order valence-electron chi connectivity index (χ1n) is 19.7. The number of fused-ring (bicyclic) bond motifs is 2. The zero-order chi connectivity index (χ0) is 37.4. The van der Waals surface area contributed by atoms with Crippen LogP contribution >= 0.6 is 0 Å². The lowest BCUT2D eigenvalue weighted by Crippen LogP contribution is -2.43. The van der Waals surface area contributed by atoms with E-state index in [1.165, 1.54) is 83.1 Å². The van der Waals surface area contributed by atoms with Gasteiger partial charge in [-0.2, -0.15) is 0 Å². The van der Waals surface area contributed by atoms with Crippen LogP contribution in [0, 0.1) is 0 Å². The van der Waals surface area contributed by atoms with Gasteiger partial charge in [-0.25, -0.2) is 0 Å². The molecule has 0 spiro atoms. The molecule has 0 bridgehead atoms. The van der Waals surface area contributed by atoms with E-state index in [9.17, 15) is 0 Å². The van der Waals surface area contributed by atoms with Crippen molar-refractivity contribution in [2.75, 3.05) is 9.80 Å². The maximum absolute atomic E-state index is 2.65. The van der Waals surface area contributed by atoms with E-state index in [2.05, 4.69) is 209 Å². The molecule has 2 heteroatoms. The van der Waals surface area contributed by atoms with E-state index in [0.717, 1.165) is 17.1 Å². The minimum absolute atomic E-state index is 0.0904. The minimum atomic E-state index is -0.173. The highest BCUT2D eigenvalue weighted by Crippen LogP contribution is 2.66. The van der Waals surface area contributed by atoms with Crippen molar-refractivity contribution in [3.8, 4) is 11.1 Å². The second kappa shape index (κ2) is 11.0. The standard InChI is InChI=1S/C53H44N2/c1-51(2)42-18-12-20-44-48(42)55-49-43(51)19-13-21-45(49)53(5,6)47-32-38(31-46(50(47)55)52(44,3)4)36-22-23-37-30-41(27-25-35(37)28-36)54(39-16-8-7-9-17-39)40-26-24-33-14-10-11-15-34(33)29-40/h7-32H,1-6H3. The number of hydrogen-bond acceptors (Lipinski definition) is 2. The van der Waals surface area contributed by atoms with Crippen LogP contribution in [-0.4, -0.2) is 0 Å². The van der Waals surface area contributed by atoms with E-state index in [0.29, 0.717) is 0 Å². The fraction of sp³-hybridized carbons (Fsp3) is 0.170. The predicted octanol–water partition coefficient (Wildman–Crippen LogP) is 14.5. The number of rotatable bonds is 4. The van der Waals surface area contributed by atoms with E-state index in [4.69, 9.17) is 0 Å². The topological polar surface area (TPSA) is 6.48 Å². The van der Waals surface area contributed by atoms with Crippen LogP contribution in [-0.2, 0) is 16.2 Å². The zero-order valence-electron chi connectivity index (χ0n) is 32.4. The Morgan fingerprint density at radius 2 is 0.764 bits per heavy atom. The van der Waals surface area contributed by atoms with Crippen LogP contribution in [0.15, 0.2) is 158 Å². The van der Waals surface area contributed by atoms with Gasteiger partial charge < -0.3 is 9.80 Å². The van der Waals surface area contributed by atoms with Gasteiger partial charge in [-0.15, -0.1) is 0 Å². The van der Waals surface area contributed by atoms with E-state index in [1.54, 1.807) is 0 Å². The average Bonchev–Trinajstić information content (AvgIpc) is 3.20. The molecule has 11 rings (SSSR count). The molecule has 8 aromatic rings. The molecule has 0 saturated carbocycles. The SMILES string of the molecule is CC1(C)c2cccc3c2N2c4c1cccc4C(C)(C)c1cc(-c4ccc5cc(N(c6ccccc6)c6ccc7ccccc7c6)ccc5c4)cc(c12)C3(C)C. The summed E-state index contributed by atoms with van der Waals surface area (Å²) in [5, 5.41) is 4.94. The van der Waals surface area contributed by atoms with Gasteiger partial charge in [0.1, 0.15) is 0 Å². The maximum atomic E-state index is 2.65. The molecule has 0 unspecified atom stereocenters. The summed E-state index contributed by atoms with van der Waals surface area (Å²) in [5.41, 5.74) is 18.2. The molecule has 2 nitrogen and oxygen atoms in total. The Kier molecular flexibility index (Phi) is 6.45. The van der Waals surface area contributed by atoms with E-state index >= 15 is 0 Å². The van der Waals surface area contributed by atoms with Crippen molar-refractivity contribution in [3.05, 3.63) is 191 Å². The molecule has 0 aromatic heterocycles. The fourth-order valence-electron chi connectivity index (χ4n) is 10.2. The molecule has 0 radical (unpaired) electrons. The first-order chi connectivity index (χ1) is 26.5. The van der Waals surface area contributed by atoms with Crippen molar-refractivity contribution in [2.45, 2.75) is 57.8 Å². The van der Waals surface area contributed by atoms with Gasteiger partial charge in [0, 0.05) is 33.3 Å². The van der Waals surface area contributed by atoms with Gasteiger partial charge in [0.05, 0.1) is 17.1 Å². The van der Waals surface area contributed by atoms with E-state index < -0.39 is 0 Å². The summed E-state index contributed by atoms with van der Waals surface area (Å²) in [6, 6.07) is 59.1. The monoisotopic (exact) mass is 708 g/mol. The van der Waals surface area contributed by atoms with Crippen molar-refractivity contribution in [1.29, 1.82) is 0 Å². The highest BCUT2D eigenvalue weighted by atomic mass is 15.2. The third-order valence-electron chi connectivity index (χ3n) is 13.3. The molecular formula is C53H44N2. The van der Waals surface area contributed by atoms with Gasteiger partial charge in [0.25, 0.3) is 0 Å². The highest BCUT2D eigenvalue weighted by molar-refractivity contribution is 6.00. The van der Waals surface area contributed by atoms with Crippen molar-refractivity contribution in [3.63, 3.8) is 0 Å². The molecular weight excluding hydrogens is 665 g/mol. The molecule has 0 N–H and O–H groups in total. The third kappa shape index (κ3) is 4.37. The lowest BCUT2D eigenvalue weighted by atomic mass is 9.60. The van der Waals surface area contributed by atoms with Crippen LogP contribution in [0.5, 0.6) is 0 Å². The van der Waals surface area contributed by atoms with Crippen LogP contribution in [0.3, 0.4) is 0 Å². The van der Waals surface area contributed by atoms with Crippen LogP contribution in [0.25, 0.3) is 32.7 Å². The summed E-state index contributed by atoms with van der Waals surface area (Å²) in [6.45, 7) is 14.6. The summed E-state index contributed by atoms with van der Waals surface area (Å²) in [4.78, 5) is 5.02. The molecule has 0 aliphatic carbocycles. The van der Waals surface area contributed by atoms with Crippen molar-refractivity contribution in [2.24, 2.45) is 0 Å². The van der Waals surface area contributed by atoms with Crippen molar-refractivity contribution < 1.29 is 0 Å². The quantitative estimate of drug-likeness (QED) is 0.180. The smallest absolute Gasteiger partial charge is 0.0544 e. The Hall–Kier alpha value is -6.12. The number of nitrogens with zero attached hydrogens (tertiary/aromatic N) is 2. The Morgan fingerprint density at radius 3 is 1.35 bits per heavy atom. The largest absolute Gasteiger partial charge is 0.310 e. The Bertz CT molecular complexity index is 2820. The van der Waals surface area contributed by atoms with Gasteiger partial charge in [0.15, 0.2) is 0 Å². The number of hydrogen-bond donors (Lipinski definition) is 0. The van der Waals surface area contributed by atoms with Crippen LogP contribution in [0.1, 0.15) is 74.9 Å². The van der Waals surface area contributed by atoms with E-state index in [1.807, 2.05) is 0 Å². The zero-order valence-corrected chi connectivity index (χ0v) is 32.4. The van der Waals surface area contributed by atoms with Gasteiger partial charge in [-0.1, -0.05) is 145 Å². The molecule has 3 aliphatic heterocycles. The second-order valence-corrected chi connectivity index (χ2v) is 17.5. The molecule has 266 valence electrons. The van der Waals surface area contributed by atoms with Gasteiger partial charge in [0.2, 0.25) is 0 Å². The molecule has 0 amide bonds. The summed E-state index contributed by atoms with van der Waals surface area (Å²) in [7, 11) is 0. The van der Waals surface area contributed by atoms with E-state index in [-0.39, 0.29) is 16.2 Å². The number of benzene rings is 8. The van der Waals surface area contributed by atoms with Gasteiger partial charge in [-0.05, 0) is 121 Å². The summed E-state index contributed by atoms with van der Waals surface area (Å²) < 4.78 is 0. The van der Waals surface area contributed by atoms with Gasteiger partial charge in [-0.3, -0.25) is 0 Å². The summed E-state index contributed by atoms with van der Waals surface area (Å²) in [6.07, 6.45) is 0. The predicted molar refractivity (Wildman–Crippen MR) is 233 cm³/mol. The molecule has 3 heterocycles. The second-order valence-electron chi connectivity index (χ2n) is 17.5. The Morgan fingerprint density at radius 1 is 0.327 bits per heavy atom. The molecule has 3 aliphatic rings. The molecule has 8 aromatic carbocycles. The van der Waals surface area contributed by atoms with Crippen LogP contribution in [0.2, 0.25) is 0 Å². The van der Waals surface area contributed by atoms with Crippen LogP contribution in [0.4, 0.5) is 34.1 Å². The molecule has 0 fully saturated rings. The fourth-order valence-corrected chi connectivity index (χ4v) is 10.2. The molecule has 55 heavy (non-hydrogen) atoms. The maximum Gasteiger partial charge on any atom is 0.0544 e. The van der Waals surface area contributed by atoms with Gasteiger partial charge >= 0.3 is 0 Å². The third-order valence-corrected chi connectivity index (χ3v) is 13.3. The Balaban J connectivity index is 1.07. The van der Waals surface area contributed by atoms with Crippen molar-refractivity contribution in [1.82, 2.24) is 0 Å². The minimum Gasteiger partial charge on any atom is -0.310 e. The first-order valence-corrected chi connectivity index (χ1v) is 19.7. The number of para-hydroxylation sites is 3. The lowest BCUT2D eigenvalue weighted by molar-refractivity contribution is 0.567. The number of anilines is 6. The lowest BCUT2D eigenvalue weighted by Gasteiger charge is -2.55. The average molecular weight is 709 g/mol. The van der Waals surface area contributed by atoms with Crippen molar-refractivity contribution >= 4 is 55.7 Å². The highest BCUT2D eigenvalue weighted by Gasteiger charge is 2.51. The summed E-state index contributed by atoms with van der Waals surface area (Å²) in [5.74, 6) is 0. The normalized spacial score (nSPS) is 16.2.